The lowest BCUT2D eigenvalue weighted by molar-refractivity contribution is 0.302. The van der Waals surface area contributed by atoms with Crippen LogP contribution in [0.2, 0.25) is 10.0 Å². The average molecular weight is 744 g/mol. The molecule has 1 aromatic heterocycles. The van der Waals surface area contributed by atoms with Gasteiger partial charge in [0, 0.05) is 21.2 Å². The Morgan fingerprint density at radius 3 is 2.42 bits per heavy atom. The summed E-state index contributed by atoms with van der Waals surface area (Å²) in [5, 5.41) is 6.23. The predicted molar refractivity (Wildman–Crippen MR) is 182 cm³/mol. The molecular formula is C33H27Br2Cl2N3O3. The molecule has 0 aliphatic carbocycles. The third-order valence-corrected chi connectivity index (χ3v) is 8.69. The molecule has 10 heteroatoms. The van der Waals surface area contributed by atoms with Crippen LogP contribution in [-0.2, 0) is 6.61 Å². The van der Waals surface area contributed by atoms with Crippen molar-refractivity contribution in [3.8, 4) is 22.9 Å². The number of para-hydroxylation sites is 1. The molecule has 0 spiro atoms. The van der Waals surface area contributed by atoms with Gasteiger partial charge in [-0.05, 0) is 110 Å². The normalized spacial score (nSPS) is 11.6. The molecule has 0 amide bonds. The third kappa shape index (κ3) is 6.68. The number of hydrogen-bond acceptors (Lipinski definition) is 5. The van der Waals surface area contributed by atoms with E-state index in [4.69, 9.17) is 37.7 Å². The van der Waals surface area contributed by atoms with E-state index in [1.165, 1.54) is 4.68 Å². The van der Waals surface area contributed by atoms with Crippen LogP contribution in [0.25, 0.3) is 22.3 Å². The molecule has 0 unspecified atom stereocenters. The van der Waals surface area contributed by atoms with Crippen molar-refractivity contribution >= 4 is 72.2 Å². The maximum absolute atomic E-state index is 13.8. The average Bonchev–Trinajstić information content (AvgIpc) is 2.96. The minimum atomic E-state index is -0.268. The number of hydrogen-bond donors (Lipinski definition) is 0. The Morgan fingerprint density at radius 1 is 1.02 bits per heavy atom. The van der Waals surface area contributed by atoms with Crippen molar-refractivity contribution < 1.29 is 9.47 Å². The van der Waals surface area contributed by atoms with Gasteiger partial charge in [0.05, 0.1) is 33.2 Å². The molecule has 0 saturated heterocycles. The maximum atomic E-state index is 13.8. The van der Waals surface area contributed by atoms with E-state index < -0.39 is 0 Å². The molecule has 6 nitrogen and oxygen atoms in total. The largest absolute Gasteiger partial charge is 0.496 e. The summed E-state index contributed by atoms with van der Waals surface area (Å²) < 4.78 is 14.5. The first-order valence-corrected chi connectivity index (χ1v) is 15.7. The first-order valence-electron chi connectivity index (χ1n) is 13.4. The maximum Gasteiger partial charge on any atom is 0.282 e. The van der Waals surface area contributed by atoms with Crippen molar-refractivity contribution in [2.45, 2.75) is 33.3 Å². The van der Waals surface area contributed by atoms with Crippen molar-refractivity contribution in [3.05, 3.63) is 118 Å². The zero-order valence-corrected chi connectivity index (χ0v) is 28.5. The summed E-state index contributed by atoms with van der Waals surface area (Å²) in [5.74, 6) is 2.04. The van der Waals surface area contributed by atoms with Gasteiger partial charge in [-0.3, -0.25) is 4.79 Å². The summed E-state index contributed by atoms with van der Waals surface area (Å²) in [6.45, 7) is 6.43. The smallest absolute Gasteiger partial charge is 0.282 e. The van der Waals surface area contributed by atoms with E-state index in [0.29, 0.717) is 41.5 Å². The molecule has 4 aromatic carbocycles. The number of nitrogens with zero attached hydrogens (tertiary/aromatic N) is 3. The Morgan fingerprint density at radius 2 is 1.74 bits per heavy atom. The van der Waals surface area contributed by atoms with Gasteiger partial charge in [-0.15, -0.1) is 0 Å². The Hall–Kier alpha value is -3.17. The Bertz CT molecular complexity index is 1920. The second-order valence-corrected chi connectivity index (χ2v) is 12.8. The molecule has 0 fully saturated rings. The minimum Gasteiger partial charge on any atom is -0.496 e. The fraction of sp³-hybridized carbons (Fsp3) is 0.182. The summed E-state index contributed by atoms with van der Waals surface area (Å²) in [6.07, 6.45) is 1.62. The zero-order chi connectivity index (χ0) is 30.8. The van der Waals surface area contributed by atoms with E-state index in [2.05, 4.69) is 50.8 Å². The first kappa shape index (κ1) is 31.3. The highest BCUT2D eigenvalue weighted by Gasteiger charge is 2.18. The summed E-state index contributed by atoms with van der Waals surface area (Å²) in [4.78, 5) is 18.7. The molecule has 5 aromatic rings. The van der Waals surface area contributed by atoms with Crippen LogP contribution in [0.3, 0.4) is 0 Å². The van der Waals surface area contributed by atoms with Crippen LogP contribution in [0.5, 0.6) is 11.5 Å². The molecular weight excluding hydrogens is 717 g/mol. The first-order chi connectivity index (χ1) is 20.6. The van der Waals surface area contributed by atoms with Gasteiger partial charge in [-0.2, -0.15) is 9.78 Å². The van der Waals surface area contributed by atoms with Gasteiger partial charge in [0.1, 0.15) is 18.1 Å². The topological polar surface area (TPSA) is 65.7 Å². The van der Waals surface area contributed by atoms with Gasteiger partial charge in [0.15, 0.2) is 5.82 Å². The van der Waals surface area contributed by atoms with E-state index >= 15 is 0 Å². The standard InChI is InChI=1S/C33H27Br2Cl2N3O3/c1-18(2)24-15-25(19(3)11-30(24)42-4)32-39-29-8-6-5-7-23(29)33(41)40(32)38-16-20-12-26(34)31(27(35)13-20)43-17-21-9-10-22(36)14-28(21)37/h5-16,18H,17H2,1-4H3. The number of halogens is 4. The molecule has 0 N–H and O–H groups in total. The van der Waals surface area contributed by atoms with Crippen LogP contribution in [0.1, 0.15) is 42.0 Å². The summed E-state index contributed by atoms with van der Waals surface area (Å²) in [6, 6.07) is 20.3. The van der Waals surface area contributed by atoms with E-state index in [1.54, 1.807) is 31.5 Å². The van der Waals surface area contributed by atoms with Gasteiger partial charge < -0.3 is 9.47 Å². The Balaban J connectivity index is 1.56. The van der Waals surface area contributed by atoms with Crippen LogP contribution < -0.4 is 15.0 Å². The van der Waals surface area contributed by atoms with Crippen LogP contribution >= 0.6 is 55.1 Å². The lowest BCUT2D eigenvalue weighted by atomic mass is 9.96. The van der Waals surface area contributed by atoms with Crippen molar-refractivity contribution in [3.63, 3.8) is 0 Å². The highest BCUT2D eigenvalue weighted by molar-refractivity contribution is 9.11. The molecule has 0 saturated carbocycles. The molecule has 1 heterocycles. The fourth-order valence-electron chi connectivity index (χ4n) is 4.68. The molecule has 43 heavy (non-hydrogen) atoms. The van der Waals surface area contributed by atoms with E-state index in [1.807, 2.05) is 55.5 Å². The second-order valence-electron chi connectivity index (χ2n) is 10.2. The molecule has 0 bridgehead atoms. The van der Waals surface area contributed by atoms with Crippen LogP contribution in [-0.4, -0.2) is 23.0 Å². The second kappa shape index (κ2) is 13.2. The molecule has 0 atom stereocenters. The van der Waals surface area contributed by atoms with E-state index in [9.17, 15) is 4.79 Å². The number of ether oxygens (including phenoxy) is 2. The number of methoxy groups -OCH3 is 1. The number of aromatic nitrogens is 2. The quantitative estimate of drug-likeness (QED) is 0.149. The van der Waals surface area contributed by atoms with Crippen molar-refractivity contribution in [1.82, 2.24) is 9.66 Å². The van der Waals surface area contributed by atoms with Crippen molar-refractivity contribution in [1.29, 1.82) is 0 Å². The van der Waals surface area contributed by atoms with E-state index in [0.717, 1.165) is 33.6 Å². The van der Waals surface area contributed by atoms with Gasteiger partial charge in [-0.1, -0.05) is 55.2 Å². The fourth-order valence-corrected chi connectivity index (χ4v) is 6.59. The Labute approximate surface area is 276 Å². The zero-order valence-electron chi connectivity index (χ0n) is 23.8. The Kier molecular flexibility index (Phi) is 9.61. The predicted octanol–water partition coefficient (Wildman–Crippen LogP) is 9.80. The number of benzene rings is 4. The molecule has 0 radical (unpaired) electrons. The SMILES string of the molecule is COc1cc(C)c(-c2nc3ccccc3c(=O)n2N=Cc2cc(Br)c(OCc3ccc(Cl)cc3Cl)c(Br)c2)cc1C(C)C. The molecule has 0 aliphatic rings. The summed E-state index contributed by atoms with van der Waals surface area (Å²) in [7, 11) is 1.66. The van der Waals surface area contributed by atoms with Gasteiger partial charge >= 0.3 is 0 Å². The number of aryl methyl sites for hydroxylation is 1. The van der Waals surface area contributed by atoms with Crippen molar-refractivity contribution in [2.24, 2.45) is 5.10 Å². The van der Waals surface area contributed by atoms with Gasteiger partial charge in [0.25, 0.3) is 5.56 Å². The molecule has 0 aliphatic heterocycles. The monoisotopic (exact) mass is 741 g/mol. The molecule has 5 rings (SSSR count). The van der Waals surface area contributed by atoms with Crippen LogP contribution in [0, 0.1) is 6.92 Å². The molecule has 220 valence electrons. The van der Waals surface area contributed by atoms with Crippen LogP contribution in [0.4, 0.5) is 0 Å². The van der Waals surface area contributed by atoms with Crippen molar-refractivity contribution in [2.75, 3.05) is 7.11 Å². The summed E-state index contributed by atoms with van der Waals surface area (Å²) in [5.41, 5.74) is 4.61. The highest BCUT2D eigenvalue weighted by atomic mass is 79.9. The van der Waals surface area contributed by atoms with Crippen LogP contribution in [0.15, 0.2) is 85.6 Å². The minimum absolute atomic E-state index is 0.199. The number of rotatable bonds is 8. The summed E-state index contributed by atoms with van der Waals surface area (Å²) >= 11 is 19.5. The highest BCUT2D eigenvalue weighted by Crippen LogP contribution is 2.36. The van der Waals surface area contributed by atoms with Gasteiger partial charge in [-0.25, -0.2) is 4.98 Å². The number of fused-ring (bicyclic) bond motifs is 1. The lowest BCUT2D eigenvalue weighted by Crippen LogP contribution is -2.20. The van der Waals surface area contributed by atoms with Gasteiger partial charge in [0.2, 0.25) is 0 Å². The van der Waals surface area contributed by atoms with E-state index in [-0.39, 0.29) is 18.1 Å². The third-order valence-electron chi connectivity index (χ3n) is 6.92. The lowest BCUT2D eigenvalue weighted by Gasteiger charge is -2.17.